The summed E-state index contributed by atoms with van der Waals surface area (Å²) in [5.41, 5.74) is 0.916. The van der Waals surface area contributed by atoms with Crippen LogP contribution in [0.1, 0.15) is 33.6 Å². The number of hydrogen-bond acceptors (Lipinski definition) is 4. The molecular weight excluding hydrogens is 222 g/mol. The number of carbonyl (C=O) groups excluding carboxylic acids is 3. The molecule has 0 rings (SSSR count). The van der Waals surface area contributed by atoms with Gasteiger partial charge in [0.15, 0.2) is 5.78 Å². The number of carbonyl (C=O) groups is 3. The molecule has 0 aromatic heterocycles. The smallest absolute Gasteiger partial charge is 0.220 e. The normalized spacial score (nSPS) is 13.1. The predicted molar refractivity (Wildman–Crippen MR) is 63.4 cm³/mol. The molecule has 0 unspecified atom stereocenters. The number of nitrogens with one attached hydrogen (secondary N) is 1. The molecule has 96 valence electrons. The van der Waals surface area contributed by atoms with Crippen LogP contribution in [0, 0.1) is 0 Å². The van der Waals surface area contributed by atoms with Crippen molar-refractivity contribution in [2.24, 2.45) is 0 Å². The molecule has 0 bridgehead atoms. The third-order valence-corrected chi connectivity index (χ3v) is 2.25. The summed E-state index contributed by atoms with van der Waals surface area (Å²) in [4.78, 5) is 33.4. The van der Waals surface area contributed by atoms with E-state index in [1.54, 1.807) is 6.08 Å². The van der Waals surface area contributed by atoms with Crippen molar-refractivity contribution in [1.29, 1.82) is 0 Å². The van der Waals surface area contributed by atoms with Crippen molar-refractivity contribution in [3.8, 4) is 0 Å². The zero-order chi connectivity index (χ0) is 13.4. The lowest BCUT2D eigenvalue weighted by Gasteiger charge is -2.13. The molecule has 5 heteroatoms. The summed E-state index contributed by atoms with van der Waals surface area (Å²) >= 11 is 0. The van der Waals surface area contributed by atoms with E-state index < -0.39 is 17.6 Å². The second-order valence-electron chi connectivity index (χ2n) is 3.93. The van der Waals surface area contributed by atoms with Crippen molar-refractivity contribution in [1.82, 2.24) is 5.32 Å². The number of aliphatic hydroxyl groups is 1. The average molecular weight is 241 g/mol. The first kappa shape index (κ1) is 15.5. The molecule has 1 amide bonds. The molecule has 17 heavy (non-hydrogen) atoms. The maximum Gasteiger partial charge on any atom is 0.220 e. The van der Waals surface area contributed by atoms with Crippen LogP contribution in [-0.2, 0) is 14.4 Å². The molecule has 5 nitrogen and oxygen atoms in total. The van der Waals surface area contributed by atoms with E-state index in [4.69, 9.17) is 5.11 Å². The van der Waals surface area contributed by atoms with Gasteiger partial charge >= 0.3 is 0 Å². The molecule has 0 aliphatic rings. The number of rotatable bonds is 7. The van der Waals surface area contributed by atoms with E-state index in [1.165, 1.54) is 13.8 Å². The third kappa shape index (κ3) is 6.63. The van der Waals surface area contributed by atoms with Crippen LogP contribution in [0.25, 0.3) is 0 Å². The highest BCUT2D eigenvalue weighted by molar-refractivity contribution is 6.38. The summed E-state index contributed by atoms with van der Waals surface area (Å²) in [6.45, 7) is 4.33. The molecule has 0 saturated heterocycles. The fraction of sp³-hybridized carbons (Fsp3) is 0.583. The average Bonchev–Trinajstić information content (AvgIpc) is 2.23. The van der Waals surface area contributed by atoms with E-state index in [1.807, 2.05) is 6.92 Å². The second kappa shape index (κ2) is 7.73. The van der Waals surface area contributed by atoms with Gasteiger partial charge in [-0.15, -0.1) is 0 Å². The summed E-state index contributed by atoms with van der Waals surface area (Å²) in [6, 6.07) is -0.807. The summed E-state index contributed by atoms with van der Waals surface area (Å²) < 4.78 is 0. The van der Waals surface area contributed by atoms with Gasteiger partial charge in [0, 0.05) is 20.5 Å². The van der Waals surface area contributed by atoms with E-state index in [-0.39, 0.29) is 18.9 Å². The number of aliphatic hydroxyl groups excluding tert-OH is 1. The molecule has 0 saturated carbocycles. The molecule has 0 aliphatic heterocycles. The van der Waals surface area contributed by atoms with Gasteiger partial charge < -0.3 is 10.4 Å². The molecule has 0 radical (unpaired) electrons. The van der Waals surface area contributed by atoms with E-state index in [2.05, 4.69) is 5.32 Å². The Morgan fingerprint density at radius 3 is 2.24 bits per heavy atom. The molecule has 0 aromatic carbocycles. The van der Waals surface area contributed by atoms with Crippen molar-refractivity contribution in [2.45, 2.75) is 39.7 Å². The first-order valence-corrected chi connectivity index (χ1v) is 5.46. The Balaban J connectivity index is 4.60. The van der Waals surface area contributed by atoms with Crippen LogP contribution in [0.3, 0.4) is 0 Å². The highest BCUT2D eigenvalue weighted by Crippen LogP contribution is 2.04. The van der Waals surface area contributed by atoms with Crippen LogP contribution in [0.15, 0.2) is 11.6 Å². The van der Waals surface area contributed by atoms with E-state index >= 15 is 0 Å². The Kier molecular flexibility index (Phi) is 7.05. The Morgan fingerprint density at radius 2 is 1.82 bits per heavy atom. The quantitative estimate of drug-likeness (QED) is 0.498. The largest absolute Gasteiger partial charge is 0.396 e. The summed E-state index contributed by atoms with van der Waals surface area (Å²) in [7, 11) is 0. The van der Waals surface area contributed by atoms with Crippen molar-refractivity contribution in [3.63, 3.8) is 0 Å². The zero-order valence-corrected chi connectivity index (χ0v) is 10.4. The fourth-order valence-electron chi connectivity index (χ4n) is 1.32. The molecule has 2 N–H and O–H groups in total. The molecule has 0 aliphatic carbocycles. The third-order valence-electron chi connectivity index (χ3n) is 2.25. The van der Waals surface area contributed by atoms with Crippen LogP contribution >= 0.6 is 0 Å². The minimum Gasteiger partial charge on any atom is -0.396 e. The van der Waals surface area contributed by atoms with Gasteiger partial charge in [0.25, 0.3) is 0 Å². The topological polar surface area (TPSA) is 83.5 Å². The van der Waals surface area contributed by atoms with Gasteiger partial charge in [-0.1, -0.05) is 11.6 Å². The first-order chi connectivity index (χ1) is 7.88. The Hall–Kier alpha value is -1.49. The van der Waals surface area contributed by atoms with Crippen LogP contribution in [0.2, 0.25) is 0 Å². The monoisotopic (exact) mass is 241 g/mol. The molecule has 0 spiro atoms. The Bertz CT molecular complexity index is 333. The summed E-state index contributed by atoms with van der Waals surface area (Å²) in [5, 5.41) is 11.2. The number of hydrogen-bond donors (Lipinski definition) is 2. The summed E-state index contributed by atoms with van der Waals surface area (Å²) in [6.07, 6.45) is 2.53. The maximum atomic E-state index is 11.5. The maximum absolute atomic E-state index is 11.5. The van der Waals surface area contributed by atoms with Gasteiger partial charge in [-0.3, -0.25) is 14.4 Å². The van der Waals surface area contributed by atoms with Gasteiger partial charge in [0.2, 0.25) is 11.7 Å². The lowest BCUT2D eigenvalue weighted by molar-refractivity contribution is -0.137. The van der Waals surface area contributed by atoms with Crippen molar-refractivity contribution >= 4 is 17.5 Å². The molecule has 0 aromatic rings. The lowest BCUT2D eigenvalue weighted by Crippen LogP contribution is -2.42. The highest BCUT2D eigenvalue weighted by Gasteiger charge is 2.21. The summed E-state index contributed by atoms with van der Waals surface area (Å²) in [5.74, 6) is -1.52. The number of amides is 1. The SMILES string of the molecule is CC(=O)N[C@@H](C/C=C(\C)CCO)C(=O)C(C)=O. The predicted octanol–water partition coefficient (Wildman–Crippen LogP) is 0.368. The first-order valence-electron chi connectivity index (χ1n) is 5.46. The van der Waals surface area contributed by atoms with Crippen LogP contribution in [0.5, 0.6) is 0 Å². The molecule has 0 fully saturated rings. The molecular formula is C12H19NO4. The Labute approximate surface area is 101 Å². The van der Waals surface area contributed by atoms with E-state index in [0.717, 1.165) is 5.57 Å². The minimum atomic E-state index is -0.807. The van der Waals surface area contributed by atoms with Gasteiger partial charge in [0.1, 0.15) is 0 Å². The van der Waals surface area contributed by atoms with Crippen LogP contribution < -0.4 is 5.32 Å². The van der Waals surface area contributed by atoms with Crippen molar-refractivity contribution in [3.05, 3.63) is 11.6 Å². The van der Waals surface area contributed by atoms with Crippen molar-refractivity contribution in [2.75, 3.05) is 6.61 Å². The number of Topliss-reactive ketones (excluding diaryl/α,β-unsaturated/α-hetero) is 2. The van der Waals surface area contributed by atoms with E-state index in [9.17, 15) is 14.4 Å². The highest BCUT2D eigenvalue weighted by atomic mass is 16.3. The standard InChI is InChI=1S/C12H19NO4/c1-8(6-7-14)4-5-11(13-10(3)16)12(17)9(2)15/h4,11,14H,5-7H2,1-3H3,(H,13,16)/b8-4+/t11-/m0/s1. The van der Waals surface area contributed by atoms with Crippen LogP contribution in [-0.4, -0.2) is 35.2 Å². The minimum absolute atomic E-state index is 0.0355. The lowest BCUT2D eigenvalue weighted by atomic mass is 10.0. The Morgan fingerprint density at radius 1 is 1.24 bits per heavy atom. The van der Waals surface area contributed by atoms with Gasteiger partial charge in [-0.05, 0) is 19.8 Å². The molecule has 1 atom stereocenters. The van der Waals surface area contributed by atoms with Gasteiger partial charge in [-0.2, -0.15) is 0 Å². The number of ketones is 2. The van der Waals surface area contributed by atoms with E-state index in [0.29, 0.717) is 6.42 Å². The van der Waals surface area contributed by atoms with Gasteiger partial charge in [0.05, 0.1) is 6.04 Å². The fourth-order valence-corrected chi connectivity index (χ4v) is 1.32. The second-order valence-corrected chi connectivity index (χ2v) is 3.93. The zero-order valence-electron chi connectivity index (χ0n) is 10.4. The van der Waals surface area contributed by atoms with Crippen LogP contribution in [0.4, 0.5) is 0 Å². The van der Waals surface area contributed by atoms with Crippen molar-refractivity contribution < 1.29 is 19.5 Å². The molecule has 0 heterocycles. The van der Waals surface area contributed by atoms with Gasteiger partial charge in [-0.25, -0.2) is 0 Å².